The fraction of sp³-hybridized carbons (Fsp3) is 0.529. The predicted molar refractivity (Wildman–Crippen MR) is 94.2 cm³/mol. The average Bonchev–Trinajstić information content (AvgIpc) is 2.39. The number of rotatable bonds is 2. The van der Waals surface area contributed by atoms with Gasteiger partial charge in [-0.25, -0.2) is 0 Å². The average molecular weight is 401 g/mol. The lowest BCUT2D eigenvalue weighted by molar-refractivity contribution is 0.0758. The number of halogens is 2. The normalized spacial score (nSPS) is 21.1. The molecule has 110 valence electrons. The molecule has 1 heterocycles. The Kier molecular flexibility index (Phi) is 5.49. The van der Waals surface area contributed by atoms with Gasteiger partial charge in [0.1, 0.15) is 0 Å². The summed E-state index contributed by atoms with van der Waals surface area (Å²) in [6.07, 6.45) is 2.29. The van der Waals surface area contributed by atoms with Crippen molar-refractivity contribution in [1.82, 2.24) is 4.90 Å². The number of nitrogens with zero attached hydrogens (tertiary/aromatic N) is 1. The molecule has 1 nitrogen and oxygen atoms in total. The van der Waals surface area contributed by atoms with Gasteiger partial charge in [0.15, 0.2) is 0 Å². The molecule has 3 heteroatoms. The van der Waals surface area contributed by atoms with Crippen LogP contribution >= 0.6 is 31.9 Å². The Bertz CT molecular complexity index is 470. The van der Waals surface area contributed by atoms with Gasteiger partial charge in [-0.3, -0.25) is 4.90 Å². The molecule has 1 aromatic rings. The van der Waals surface area contributed by atoms with Crippen LogP contribution in [0.5, 0.6) is 0 Å². The molecule has 1 aliphatic heterocycles. The SMILES string of the molecule is CC(C)(C)C1CC(=C(Br)Br)CCN1Cc1ccccc1. The molecule has 1 saturated heterocycles. The molecule has 1 unspecified atom stereocenters. The third-order valence-electron chi connectivity index (χ3n) is 4.08. The van der Waals surface area contributed by atoms with E-state index in [0.717, 1.165) is 29.3 Å². The predicted octanol–water partition coefficient (Wildman–Crippen LogP) is 5.70. The fourth-order valence-corrected chi connectivity index (χ4v) is 3.65. The van der Waals surface area contributed by atoms with Gasteiger partial charge in [0.05, 0.1) is 3.39 Å². The molecule has 20 heavy (non-hydrogen) atoms. The van der Waals surface area contributed by atoms with Crippen LogP contribution in [0, 0.1) is 5.41 Å². The second kappa shape index (κ2) is 6.76. The highest BCUT2D eigenvalue weighted by atomic mass is 79.9. The van der Waals surface area contributed by atoms with Crippen LogP contribution in [0.2, 0.25) is 0 Å². The molecule has 1 fully saturated rings. The summed E-state index contributed by atoms with van der Waals surface area (Å²) in [4.78, 5) is 2.64. The van der Waals surface area contributed by atoms with E-state index in [0.29, 0.717) is 6.04 Å². The van der Waals surface area contributed by atoms with Crippen LogP contribution < -0.4 is 0 Å². The zero-order valence-corrected chi connectivity index (χ0v) is 15.7. The van der Waals surface area contributed by atoms with Crippen LogP contribution in [-0.2, 0) is 6.54 Å². The highest BCUT2D eigenvalue weighted by Crippen LogP contribution is 2.38. The maximum atomic E-state index is 3.59. The lowest BCUT2D eigenvalue weighted by atomic mass is 9.79. The lowest BCUT2D eigenvalue weighted by Crippen LogP contribution is -2.47. The zero-order valence-electron chi connectivity index (χ0n) is 12.5. The van der Waals surface area contributed by atoms with E-state index in [-0.39, 0.29) is 5.41 Å². The van der Waals surface area contributed by atoms with E-state index < -0.39 is 0 Å². The third kappa shape index (κ3) is 4.19. The molecule has 0 radical (unpaired) electrons. The molecule has 1 aliphatic rings. The number of piperidine rings is 1. The lowest BCUT2D eigenvalue weighted by Gasteiger charge is -2.44. The van der Waals surface area contributed by atoms with Crippen molar-refractivity contribution in [2.75, 3.05) is 6.54 Å². The van der Waals surface area contributed by atoms with E-state index in [4.69, 9.17) is 0 Å². The van der Waals surface area contributed by atoms with E-state index in [2.05, 4.69) is 87.9 Å². The van der Waals surface area contributed by atoms with Crippen molar-refractivity contribution in [3.8, 4) is 0 Å². The monoisotopic (exact) mass is 399 g/mol. The van der Waals surface area contributed by atoms with E-state index >= 15 is 0 Å². The minimum absolute atomic E-state index is 0.288. The first-order valence-corrected chi connectivity index (χ1v) is 8.77. The molecular formula is C17H23Br2N. The van der Waals surface area contributed by atoms with Gasteiger partial charge in [0.25, 0.3) is 0 Å². The molecule has 1 aromatic carbocycles. The molecule has 1 atom stereocenters. The second-order valence-corrected chi connectivity index (χ2v) is 9.31. The standard InChI is InChI=1S/C17H23Br2N/c1-17(2,3)15-11-14(16(18)19)9-10-20(15)12-13-7-5-4-6-8-13/h4-8,15H,9-12H2,1-3H3. The summed E-state index contributed by atoms with van der Waals surface area (Å²) in [5.41, 5.74) is 3.21. The van der Waals surface area contributed by atoms with E-state index in [9.17, 15) is 0 Å². The first kappa shape index (κ1) is 16.3. The van der Waals surface area contributed by atoms with E-state index in [1.807, 2.05) is 0 Å². The van der Waals surface area contributed by atoms with Gasteiger partial charge in [-0.1, -0.05) is 51.1 Å². The summed E-state index contributed by atoms with van der Waals surface area (Å²) in [6, 6.07) is 11.4. The van der Waals surface area contributed by atoms with Gasteiger partial charge in [-0.05, 0) is 61.3 Å². The topological polar surface area (TPSA) is 3.24 Å². The Balaban J connectivity index is 2.17. The van der Waals surface area contributed by atoms with Crippen LogP contribution in [0.4, 0.5) is 0 Å². The molecule has 2 rings (SSSR count). The second-order valence-electron chi connectivity index (χ2n) is 6.66. The van der Waals surface area contributed by atoms with Crippen molar-refractivity contribution in [3.63, 3.8) is 0 Å². The van der Waals surface area contributed by atoms with Crippen molar-refractivity contribution in [3.05, 3.63) is 44.9 Å². The number of hydrogen-bond donors (Lipinski definition) is 0. The van der Waals surface area contributed by atoms with Gasteiger partial charge in [-0.2, -0.15) is 0 Å². The molecule has 0 saturated carbocycles. The summed E-state index contributed by atoms with van der Waals surface area (Å²) in [5.74, 6) is 0. The van der Waals surface area contributed by atoms with Gasteiger partial charge in [-0.15, -0.1) is 0 Å². The van der Waals surface area contributed by atoms with Crippen molar-refractivity contribution >= 4 is 31.9 Å². The molecule has 0 amide bonds. The van der Waals surface area contributed by atoms with Crippen LogP contribution in [0.25, 0.3) is 0 Å². The fourth-order valence-electron chi connectivity index (χ4n) is 2.93. The number of hydrogen-bond acceptors (Lipinski definition) is 1. The third-order valence-corrected chi connectivity index (χ3v) is 5.20. The summed E-state index contributed by atoms with van der Waals surface area (Å²) in [7, 11) is 0. The van der Waals surface area contributed by atoms with E-state index in [1.165, 1.54) is 11.1 Å². The minimum atomic E-state index is 0.288. The molecule has 0 N–H and O–H groups in total. The first-order valence-electron chi connectivity index (χ1n) is 7.19. The summed E-state index contributed by atoms with van der Waals surface area (Å²) in [6.45, 7) is 9.23. The highest BCUT2D eigenvalue weighted by molar-refractivity contribution is 9.28. The van der Waals surface area contributed by atoms with Crippen LogP contribution in [0.1, 0.15) is 39.2 Å². The Morgan fingerprint density at radius 3 is 2.40 bits per heavy atom. The van der Waals surface area contributed by atoms with Crippen LogP contribution in [0.15, 0.2) is 39.3 Å². The Morgan fingerprint density at radius 2 is 1.85 bits per heavy atom. The Hall–Kier alpha value is -0.120. The smallest absolute Gasteiger partial charge is 0.0597 e. The van der Waals surface area contributed by atoms with Crippen LogP contribution in [0.3, 0.4) is 0 Å². The Labute approximate surface area is 139 Å². The number of likely N-dealkylation sites (tertiary alicyclic amines) is 1. The van der Waals surface area contributed by atoms with Gasteiger partial charge in [0.2, 0.25) is 0 Å². The van der Waals surface area contributed by atoms with Crippen molar-refractivity contribution in [2.45, 2.75) is 46.2 Å². The van der Waals surface area contributed by atoms with Gasteiger partial charge in [0, 0.05) is 19.1 Å². The summed E-state index contributed by atoms with van der Waals surface area (Å²) >= 11 is 7.19. The van der Waals surface area contributed by atoms with Crippen molar-refractivity contribution in [1.29, 1.82) is 0 Å². The summed E-state index contributed by atoms with van der Waals surface area (Å²) < 4.78 is 1.15. The molecule has 0 spiro atoms. The molecular weight excluding hydrogens is 378 g/mol. The van der Waals surface area contributed by atoms with Gasteiger partial charge >= 0.3 is 0 Å². The first-order chi connectivity index (χ1) is 9.38. The molecule has 0 aliphatic carbocycles. The molecule has 0 aromatic heterocycles. The van der Waals surface area contributed by atoms with Gasteiger partial charge < -0.3 is 0 Å². The largest absolute Gasteiger partial charge is 0.295 e. The van der Waals surface area contributed by atoms with Crippen molar-refractivity contribution in [2.24, 2.45) is 5.41 Å². The molecule has 0 bridgehead atoms. The quantitative estimate of drug-likeness (QED) is 0.615. The minimum Gasteiger partial charge on any atom is -0.295 e. The van der Waals surface area contributed by atoms with Crippen LogP contribution in [-0.4, -0.2) is 17.5 Å². The zero-order chi connectivity index (χ0) is 14.8. The highest BCUT2D eigenvalue weighted by Gasteiger charge is 2.34. The Morgan fingerprint density at radius 1 is 1.20 bits per heavy atom. The summed E-state index contributed by atoms with van der Waals surface area (Å²) in [5, 5.41) is 0. The van der Waals surface area contributed by atoms with Crippen molar-refractivity contribution < 1.29 is 0 Å². The number of benzene rings is 1. The maximum absolute atomic E-state index is 3.59. The maximum Gasteiger partial charge on any atom is 0.0597 e. The van der Waals surface area contributed by atoms with E-state index in [1.54, 1.807) is 0 Å².